The lowest BCUT2D eigenvalue weighted by atomic mass is 10.1. The van der Waals surface area contributed by atoms with E-state index in [-0.39, 0.29) is 12.5 Å². The number of aromatic nitrogens is 4. The van der Waals surface area contributed by atoms with Gasteiger partial charge >= 0.3 is 0 Å². The highest BCUT2D eigenvalue weighted by atomic mass is 16.2. The zero-order valence-corrected chi connectivity index (χ0v) is 11.7. The first-order valence-electron chi connectivity index (χ1n) is 6.41. The van der Waals surface area contributed by atoms with Crippen LogP contribution in [0.1, 0.15) is 11.1 Å². The van der Waals surface area contributed by atoms with Crippen LogP contribution in [0.15, 0.2) is 30.6 Å². The molecule has 7 nitrogen and oxygen atoms in total. The van der Waals surface area contributed by atoms with Crippen LogP contribution in [0.5, 0.6) is 0 Å². The quantitative estimate of drug-likeness (QED) is 0.775. The number of benzene rings is 1. The van der Waals surface area contributed by atoms with E-state index < -0.39 is 0 Å². The van der Waals surface area contributed by atoms with Crippen LogP contribution in [0.4, 0.5) is 0 Å². The summed E-state index contributed by atoms with van der Waals surface area (Å²) in [7, 11) is 1.74. The third kappa shape index (κ3) is 4.40. The fourth-order valence-electron chi connectivity index (χ4n) is 1.77. The minimum atomic E-state index is -0.0688. The molecule has 0 bridgehead atoms. The zero-order chi connectivity index (χ0) is 15.1. The van der Waals surface area contributed by atoms with Crippen molar-refractivity contribution in [1.29, 1.82) is 0 Å². The largest absolute Gasteiger partial charge is 0.340 e. The van der Waals surface area contributed by atoms with E-state index in [1.807, 2.05) is 24.3 Å². The number of nitrogens with two attached hydrogens (primary N) is 1. The maximum Gasteiger partial charge on any atom is 0.244 e. The first-order valence-corrected chi connectivity index (χ1v) is 6.41. The molecule has 0 unspecified atom stereocenters. The lowest BCUT2D eigenvalue weighted by Crippen LogP contribution is -2.30. The minimum Gasteiger partial charge on any atom is -0.340 e. The molecule has 1 heterocycles. The van der Waals surface area contributed by atoms with E-state index in [2.05, 4.69) is 27.4 Å². The Morgan fingerprint density at radius 1 is 1.48 bits per heavy atom. The molecule has 0 aliphatic carbocycles. The molecule has 0 atom stereocenters. The van der Waals surface area contributed by atoms with Crippen LogP contribution in [0.3, 0.4) is 0 Å². The number of hydrogen-bond donors (Lipinski definition) is 1. The molecular weight excluding hydrogens is 268 g/mol. The SMILES string of the molecule is CN(Cc1cccc(C#CCN)c1)C(=O)Cn1cnnn1. The van der Waals surface area contributed by atoms with Gasteiger partial charge < -0.3 is 10.6 Å². The number of nitrogens with zero attached hydrogens (tertiary/aromatic N) is 5. The van der Waals surface area contributed by atoms with Crippen LogP contribution in [0.25, 0.3) is 0 Å². The number of tetrazole rings is 1. The Hall–Kier alpha value is -2.72. The number of carbonyl (C=O) groups excluding carboxylic acids is 1. The van der Waals surface area contributed by atoms with Gasteiger partial charge in [-0.1, -0.05) is 24.0 Å². The van der Waals surface area contributed by atoms with Gasteiger partial charge in [0.2, 0.25) is 5.91 Å². The van der Waals surface area contributed by atoms with E-state index in [1.165, 1.54) is 11.0 Å². The predicted molar refractivity (Wildman–Crippen MR) is 76.7 cm³/mol. The predicted octanol–water partition coefficient (Wildman–Crippen LogP) is -0.358. The second-order valence-electron chi connectivity index (χ2n) is 4.46. The topological polar surface area (TPSA) is 89.9 Å². The molecule has 0 saturated carbocycles. The summed E-state index contributed by atoms with van der Waals surface area (Å²) in [6.45, 7) is 0.948. The van der Waals surface area contributed by atoms with Crippen molar-refractivity contribution in [2.75, 3.05) is 13.6 Å². The molecular formula is C14H16N6O. The molecule has 7 heteroatoms. The van der Waals surface area contributed by atoms with Gasteiger partial charge in [0.15, 0.2) is 0 Å². The van der Waals surface area contributed by atoms with E-state index in [9.17, 15) is 4.79 Å². The Bertz CT molecular complexity index is 656. The van der Waals surface area contributed by atoms with Crippen molar-refractivity contribution in [3.63, 3.8) is 0 Å². The highest BCUT2D eigenvalue weighted by Gasteiger charge is 2.10. The summed E-state index contributed by atoms with van der Waals surface area (Å²) in [6, 6.07) is 7.72. The zero-order valence-electron chi connectivity index (χ0n) is 11.7. The van der Waals surface area contributed by atoms with Crippen molar-refractivity contribution in [3.05, 3.63) is 41.7 Å². The Morgan fingerprint density at radius 2 is 2.33 bits per heavy atom. The van der Waals surface area contributed by atoms with Gasteiger partial charge in [-0.05, 0) is 28.1 Å². The van der Waals surface area contributed by atoms with Crippen LogP contribution in [-0.2, 0) is 17.9 Å². The third-order valence-electron chi connectivity index (χ3n) is 2.80. The molecule has 108 valence electrons. The van der Waals surface area contributed by atoms with Crippen LogP contribution in [0.2, 0.25) is 0 Å². The van der Waals surface area contributed by atoms with Crippen molar-refractivity contribution in [1.82, 2.24) is 25.1 Å². The molecule has 0 radical (unpaired) electrons. The molecule has 2 aromatic rings. The summed E-state index contributed by atoms with van der Waals surface area (Å²) in [5.74, 6) is 5.72. The first kappa shape index (κ1) is 14.7. The Labute approximate surface area is 122 Å². The van der Waals surface area contributed by atoms with Gasteiger partial charge in [-0.25, -0.2) is 4.68 Å². The summed E-state index contributed by atoms with van der Waals surface area (Å²) >= 11 is 0. The summed E-state index contributed by atoms with van der Waals surface area (Å²) in [4.78, 5) is 13.7. The molecule has 0 saturated heterocycles. The van der Waals surface area contributed by atoms with Crippen LogP contribution < -0.4 is 5.73 Å². The minimum absolute atomic E-state index is 0.0688. The molecule has 0 fully saturated rings. The number of carbonyl (C=O) groups is 1. The highest BCUT2D eigenvalue weighted by molar-refractivity contribution is 5.75. The van der Waals surface area contributed by atoms with Crippen LogP contribution in [-0.4, -0.2) is 44.6 Å². The molecule has 0 spiro atoms. The average Bonchev–Trinajstić information content (AvgIpc) is 2.98. The van der Waals surface area contributed by atoms with Crippen molar-refractivity contribution in [3.8, 4) is 11.8 Å². The van der Waals surface area contributed by atoms with E-state index in [1.54, 1.807) is 11.9 Å². The molecule has 1 aromatic heterocycles. The summed E-state index contributed by atoms with van der Waals surface area (Å²) in [5, 5.41) is 10.7. The molecule has 0 aliphatic heterocycles. The maximum atomic E-state index is 12.0. The Morgan fingerprint density at radius 3 is 3.05 bits per heavy atom. The van der Waals surface area contributed by atoms with E-state index in [0.717, 1.165) is 11.1 Å². The maximum absolute atomic E-state index is 12.0. The van der Waals surface area contributed by atoms with E-state index >= 15 is 0 Å². The average molecular weight is 284 g/mol. The van der Waals surface area contributed by atoms with Gasteiger partial charge in [0, 0.05) is 19.2 Å². The van der Waals surface area contributed by atoms with E-state index in [4.69, 9.17) is 5.73 Å². The second kappa shape index (κ2) is 7.17. The Kier molecular flexibility index (Phi) is 5.01. The molecule has 0 aliphatic rings. The van der Waals surface area contributed by atoms with Crippen molar-refractivity contribution >= 4 is 5.91 Å². The smallest absolute Gasteiger partial charge is 0.244 e. The van der Waals surface area contributed by atoms with Gasteiger partial charge in [-0.15, -0.1) is 5.10 Å². The van der Waals surface area contributed by atoms with E-state index in [0.29, 0.717) is 13.1 Å². The molecule has 1 aromatic carbocycles. The van der Waals surface area contributed by atoms with Crippen molar-refractivity contribution in [2.45, 2.75) is 13.1 Å². The van der Waals surface area contributed by atoms with Gasteiger partial charge in [0.1, 0.15) is 12.9 Å². The van der Waals surface area contributed by atoms with Crippen LogP contribution in [0, 0.1) is 11.8 Å². The monoisotopic (exact) mass is 284 g/mol. The first-order chi connectivity index (χ1) is 10.2. The number of rotatable bonds is 4. The molecule has 2 rings (SSSR count). The Balaban J connectivity index is 1.98. The van der Waals surface area contributed by atoms with Gasteiger partial charge in [-0.2, -0.15) is 0 Å². The van der Waals surface area contributed by atoms with Gasteiger partial charge in [-0.3, -0.25) is 4.79 Å². The number of hydrogen-bond acceptors (Lipinski definition) is 5. The second-order valence-corrected chi connectivity index (χ2v) is 4.46. The standard InChI is InChI=1S/C14H16N6O/c1-19(14(21)10-20-11-16-17-18-20)9-13-5-2-4-12(8-13)6-3-7-15/h2,4-5,8,11H,7,9-10,15H2,1H3. The van der Waals surface area contributed by atoms with Gasteiger partial charge in [0.05, 0.1) is 6.54 Å². The lowest BCUT2D eigenvalue weighted by molar-refractivity contribution is -0.131. The summed E-state index contributed by atoms with van der Waals surface area (Å²) in [5.41, 5.74) is 7.25. The van der Waals surface area contributed by atoms with Gasteiger partial charge in [0.25, 0.3) is 0 Å². The lowest BCUT2D eigenvalue weighted by Gasteiger charge is -2.17. The molecule has 21 heavy (non-hydrogen) atoms. The van der Waals surface area contributed by atoms with Crippen molar-refractivity contribution in [2.24, 2.45) is 5.73 Å². The normalized spacial score (nSPS) is 9.81. The summed E-state index contributed by atoms with van der Waals surface area (Å²) < 4.78 is 1.39. The van der Waals surface area contributed by atoms with Crippen molar-refractivity contribution < 1.29 is 4.79 Å². The molecule has 2 N–H and O–H groups in total. The fraction of sp³-hybridized carbons (Fsp3) is 0.286. The number of amides is 1. The number of likely N-dealkylation sites (N-methyl/N-ethyl adjacent to an activating group) is 1. The summed E-state index contributed by atoms with van der Waals surface area (Å²) in [6.07, 6.45) is 1.41. The molecule has 1 amide bonds. The van der Waals surface area contributed by atoms with Crippen LogP contribution >= 0.6 is 0 Å². The fourth-order valence-corrected chi connectivity index (χ4v) is 1.77. The highest BCUT2D eigenvalue weighted by Crippen LogP contribution is 2.07. The third-order valence-corrected chi connectivity index (χ3v) is 2.80.